The van der Waals surface area contributed by atoms with Gasteiger partial charge in [0.15, 0.2) is 0 Å². The number of anilines is 1. The third kappa shape index (κ3) is 2.81. The van der Waals surface area contributed by atoms with Crippen LogP contribution in [0.5, 0.6) is 0 Å². The van der Waals surface area contributed by atoms with Gasteiger partial charge in [-0.3, -0.25) is 0 Å². The number of nitrogens with zero attached hydrogens (tertiary/aromatic N) is 3. The summed E-state index contributed by atoms with van der Waals surface area (Å²) in [6, 6.07) is 0.532. The van der Waals surface area contributed by atoms with Crippen LogP contribution in [-0.4, -0.2) is 46.7 Å². The maximum absolute atomic E-state index is 9.19. The molecule has 2 aliphatic rings. The lowest BCUT2D eigenvalue weighted by Gasteiger charge is -2.23. The van der Waals surface area contributed by atoms with Gasteiger partial charge in [0.25, 0.3) is 0 Å². The van der Waals surface area contributed by atoms with Gasteiger partial charge in [0.1, 0.15) is 5.82 Å². The van der Waals surface area contributed by atoms with Crippen LogP contribution in [0.4, 0.5) is 5.13 Å². The standard InChI is InChI=1S/C12H20N4OS/c17-7-6-16(8-10-2-1-5-13-10)12-14-11(15-18-12)9-3-4-9/h9-10,13,17H,1-8H2. The first kappa shape index (κ1) is 12.3. The highest BCUT2D eigenvalue weighted by Crippen LogP contribution is 2.39. The Labute approximate surface area is 111 Å². The summed E-state index contributed by atoms with van der Waals surface area (Å²) in [5.41, 5.74) is 0. The molecule has 0 aromatic carbocycles. The predicted molar refractivity (Wildman–Crippen MR) is 72.2 cm³/mol. The Kier molecular flexibility index (Phi) is 3.77. The lowest BCUT2D eigenvalue weighted by Crippen LogP contribution is -2.39. The fourth-order valence-electron chi connectivity index (χ4n) is 2.43. The minimum absolute atomic E-state index is 0.172. The summed E-state index contributed by atoms with van der Waals surface area (Å²) in [5.74, 6) is 1.62. The fraction of sp³-hybridized carbons (Fsp3) is 0.833. The molecular formula is C12H20N4OS. The minimum atomic E-state index is 0.172. The molecular weight excluding hydrogens is 248 g/mol. The monoisotopic (exact) mass is 268 g/mol. The average molecular weight is 268 g/mol. The molecule has 18 heavy (non-hydrogen) atoms. The third-order valence-corrected chi connectivity index (χ3v) is 4.41. The van der Waals surface area contributed by atoms with Crippen LogP contribution in [0, 0.1) is 0 Å². The van der Waals surface area contributed by atoms with Crippen LogP contribution in [-0.2, 0) is 0 Å². The van der Waals surface area contributed by atoms with Crippen molar-refractivity contribution in [3.8, 4) is 0 Å². The van der Waals surface area contributed by atoms with Crippen LogP contribution < -0.4 is 10.2 Å². The molecule has 1 aliphatic heterocycles. The van der Waals surface area contributed by atoms with Gasteiger partial charge in [-0.2, -0.15) is 4.37 Å². The molecule has 6 heteroatoms. The van der Waals surface area contributed by atoms with Crippen LogP contribution in [0.1, 0.15) is 37.4 Å². The summed E-state index contributed by atoms with van der Waals surface area (Å²) in [4.78, 5) is 6.80. The topological polar surface area (TPSA) is 61.3 Å². The Morgan fingerprint density at radius 1 is 1.39 bits per heavy atom. The Morgan fingerprint density at radius 3 is 2.94 bits per heavy atom. The molecule has 1 atom stereocenters. The molecule has 1 unspecified atom stereocenters. The molecule has 5 nitrogen and oxygen atoms in total. The maximum atomic E-state index is 9.19. The maximum Gasteiger partial charge on any atom is 0.205 e. The number of aromatic nitrogens is 2. The third-order valence-electron chi connectivity index (χ3n) is 3.62. The van der Waals surface area contributed by atoms with E-state index in [0.717, 1.165) is 24.0 Å². The normalized spacial score (nSPS) is 23.5. The molecule has 100 valence electrons. The second-order valence-electron chi connectivity index (χ2n) is 5.17. The van der Waals surface area contributed by atoms with Crippen LogP contribution >= 0.6 is 11.5 Å². The number of hydrogen-bond donors (Lipinski definition) is 2. The molecule has 0 spiro atoms. The molecule has 3 rings (SSSR count). The molecule has 1 saturated heterocycles. The van der Waals surface area contributed by atoms with Gasteiger partial charge < -0.3 is 15.3 Å². The van der Waals surface area contributed by atoms with Crippen LogP contribution in [0.2, 0.25) is 0 Å². The quantitative estimate of drug-likeness (QED) is 0.805. The van der Waals surface area contributed by atoms with Crippen molar-refractivity contribution in [2.75, 3.05) is 31.1 Å². The van der Waals surface area contributed by atoms with Gasteiger partial charge in [0, 0.05) is 36.6 Å². The number of nitrogens with one attached hydrogen (secondary N) is 1. The smallest absolute Gasteiger partial charge is 0.205 e. The first-order valence-electron chi connectivity index (χ1n) is 6.79. The van der Waals surface area contributed by atoms with Gasteiger partial charge >= 0.3 is 0 Å². The number of aliphatic hydroxyl groups is 1. The van der Waals surface area contributed by atoms with Crippen LogP contribution in [0.3, 0.4) is 0 Å². The zero-order valence-electron chi connectivity index (χ0n) is 10.5. The summed E-state index contributed by atoms with van der Waals surface area (Å²) < 4.78 is 4.44. The van der Waals surface area contributed by atoms with Crippen LogP contribution in [0.25, 0.3) is 0 Å². The number of hydrogen-bond acceptors (Lipinski definition) is 6. The molecule has 2 heterocycles. The van der Waals surface area contributed by atoms with Crippen molar-refractivity contribution in [3.63, 3.8) is 0 Å². The lowest BCUT2D eigenvalue weighted by atomic mass is 10.2. The summed E-state index contributed by atoms with van der Waals surface area (Å²) >= 11 is 1.48. The highest BCUT2D eigenvalue weighted by Gasteiger charge is 2.29. The van der Waals surface area contributed by atoms with Crippen molar-refractivity contribution in [3.05, 3.63) is 5.82 Å². The van der Waals surface area contributed by atoms with Crippen molar-refractivity contribution in [1.82, 2.24) is 14.7 Å². The van der Waals surface area contributed by atoms with E-state index in [2.05, 4.69) is 19.6 Å². The van der Waals surface area contributed by atoms with Gasteiger partial charge in [-0.05, 0) is 32.2 Å². The molecule has 1 saturated carbocycles. The SMILES string of the molecule is OCCN(CC1CCCN1)c1nc(C2CC2)ns1. The van der Waals surface area contributed by atoms with E-state index >= 15 is 0 Å². The van der Waals surface area contributed by atoms with Gasteiger partial charge in [-0.25, -0.2) is 4.98 Å². The molecule has 2 fully saturated rings. The first-order valence-corrected chi connectivity index (χ1v) is 7.57. The van der Waals surface area contributed by atoms with E-state index in [1.165, 1.54) is 37.2 Å². The molecule has 2 N–H and O–H groups in total. The second-order valence-corrected chi connectivity index (χ2v) is 5.90. The van der Waals surface area contributed by atoms with E-state index in [1.807, 2.05) is 0 Å². The first-order chi connectivity index (χ1) is 8.86. The molecule has 0 bridgehead atoms. The van der Waals surface area contributed by atoms with Gasteiger partial charge in [0.05, 0.1) is 6.61 Å². The summed E-state index contributed by atoms with van der Waals surface area (Å²) in [7, 11) is 0. The molecule has 0 radical (unpaired) electrons. The summed E-state index contributed by atoms with van der Waals surface area (Å²) in [6.07, 6.45) is 4.94. The van der Waals surface area contributed by atoms with Crippen molar-refractivity contribution >= 4 is 16.7 Å². The van der Waals surface area contributed by atoms with Crippen molar-refractivity contribution in [2.45, 2.75) is 37.6 Å². The highest BCUT2D eigenvalue weighted by molar-refractivity contribution is 7.09. The van der Waals surface area contributed by atoms with E-state index < -0.39 is 0 Å². The van der Waals surface area contributed by atoms with Crippen molar-refractivity contribution in [1.29, 1.82) is 0 Å². The van der Waals surface area contributed by atoms with Crippen LogP contribution in [0.15, 0.2) is 0 Å². The summed E-state index contributed by atoms with van der Waals surface area (Å²) in [6.45, 7) is 2.86. The zero-order valence-corrected chi connectivity index (χ0v) is 11.3. The lowest BCUT2D eigenvalue weighted by molar-refractivity contribution is 0.300. The Morgan fingerprint density at radius 2 is 2.28 bits per heavy atom. The molecule has 0 amide bonds. The molecule has 1 aromatic heterocycles. The number of rotatable bonds is 6. The average Bonchev–Trinajstić information content (AvgIpc) is 2.92. The highest BCUT2D eigenvalue weighted by atomic mass is 32.1. The minimum Gasteiger partial charge on any atom is -0.395 e. The van der Waals surface area contributed by atoms with Gasteiger partial charge in [-0.1, -0.05) is 0 Å². The fourth-order valence-corrected chi connectivity index (χ4v) is 3.21. The number of aliphatic hydroxyl groups excluding tert-OH is 1. The Hall–Kier alpha value is -0.720. The zero-order chi connectivity index (χ0) is 12.4. The second kappa shape index (κ2) is 5.50. The van der Waals surface area contributed by atoms with Gasteiger partial charge in [-0.15, -0.1) is 0 Å². The van der Waals surface area contributed by atoms with E-state index in [4.69, 9.17) is 0 Å². The van der Waals surface area contributed by atoms with Crippen molar-refractivity contribution in [2.24, 2.45) is 0 Å². The van der Waals surface area contributed by atoms with Crippen molar-refractivity contribution < 1.29 is 5.11 Å². The van der Waals surface area contributed by atoms with E-state index in [1.54, 1.807) is 0 Å². The predicted octanol–water partition coefficient (Wildman–Crippen LogP) is 0.966. The van der Waals surface area contributed by atoms with Gasteiger partial charge in [0.2, 0.25) is 5.13 Å². The van der Waals surface area contributed by atoms with E-state index in [-0.39, 0.29) is 6.61 Å². The Bertz CT molecular complexity index is 387. The Balaban J connectivity index is 1.66. The summed E-state index contributed by atoms with van der Waals surface area (Å²) in [5, 5.41) is 13.7. The molecule has 1 aromatic rings. The van der Waals surface area contributed by atoms with E-state index in [9.17, 15) is 5.11 Å². The van der Waals surface area contributed by atoms with E-state index in [0.29, 0.717) is 18.5 Å². The largest absolute Gasteiger partial charge is 0.395 e. The molecule has 1 aliphatic carbocycles.